The lowest BCUT2D eigenvalue weighted by Gasteiger charge is -2.44. The molecule has 0 saturated carbocycles. The molecule has 3 rings (SSSR count). The fraction of sp³-hybridized carbons (Fsp3) is 0.455. The minimum atomic E-state index is 0.346. The third-order valence-corrected chi connectivity index (χ3v) is 5.45. The van der Waals surface area contributed by atoms with E-state index in [0.717, 1.165) is 29.7 Å². The van der Waals surface area contributed by atoms with Gasteiger partial charge >= 0.3 is 0 Å². The fourth-order valence-electron chi connectivity index (χ4n) is 4.18. The monoisotopic (exact) mass is 339 g/mol. The SMILES string of the molecule is COc1ccc(CCC[N+]2(Cc3ccccc3)CCCC(N)C2)cc1. The van der Waals surface area contributed by atoms with Crippen LogP contribution >= 0.6 is 0 Å². The van der Waals surface area contributed by atoms with Crippen LogP contribution in [0.1, 0.15) is 30.4 Å². The van der Waals surface area contributed by atoms with Crippen molar-refractivity contribution in [1.82, 2.24) is 0 Å². The lowest BCUT2D eigenvalue weighted by molar-refractivity contribution is -0.946. The van der Waals surface area contributed by atoms with E-state index in [2.05, 4.69) is 54.6 Å². The second-order valence-corrected chi connectivity index (χ2v) is 7.47. The van der Waals surface area contributed by atoms with Gasteiger partial charge in [0.15, 0.2) is 0 Å². The number of piperidine rings is 1. The first-order chi connectivity index (χ1) is 12.2. The van der Waals surface area contributed by atoms with Crippen molar-refractivity contribution in [3.05, 3.63) is 65.7 Å². The molecule has 3 nitrogen and oxygen atoms in total. The van der Waals surface area contributed by atoms with Gasteiger partial charge in [-0.2, -0.15) is 0 Å². The summed E-state index contributed by atoms with van der Waals surface area (Å²) in [7, 11) is 1.71. The van der Waals surface area contributed by atoms with Gasteiger partial charge in [-0.3, -0.25) is 0 Å². The Morgan fingerprint density at radius 3 is 2.48 bits per heavy atom. The molecule has 1 heterocycles. The molecule has 0 radical (unpaired) electrons. The minimum Gasteiger partial charge on any atom is -0.497 e. The highest BCUT2D eigenvalue weighted by Gasteiger charge is 2.33. The van der Waals surface area contributed by atoms with Gasteiger partial charge in [0.1, 0.15) is 12.3 Å². The molecule has 0 spiro atoms. The van der Waals surface area contributed by atoms with Crippen LogP contribution in [0.15, 0.2) is 54.6 Å². The summed E-state index contributed by atoms with van der Waals surface area (Å²) in [5, 5.41) is 0. The topological polar surface area (TPSA) is 35.2 Å². The van der Waals surface area contributed by atoms with Gasteiger partial charge in [0.25, 0.3) is 0 Å². The highest BCUT2D eigenvalue weighted by Crippen LogP contribution is 2.24. The summed E-state index contributed by atoms with van der Waals surface area (Å²) < 4.78 is 6.39. The lowest BCUT2D eigenvalue weighted by atomic mass is 10.00. The van der Waals surface area contributed by atoms with Crippen molar-refractivity contribution in [2.75, 3.05) is 26.7 Å². The number of ether oxygens (including phenoxy) is 1. The third kappa shape index (κ3) is 5.07. The van der Waals surface area contributed by atoms with Crippen LogP contribution in [0.25, 0.3) is 0 Å². The molecule has 0 aromatic heterocycles. The molecule has 3 heteroatoms. The second-order valence-electron chi connectivity index (χ2n) is 7.47. The predicted molar refractivity (Wildman–Crippen MR) is 104 cm³/mol. The Hall–Kier alpha value is -1.84. The average Bonchev–Trinajstić information content (AvgIpc) is 2.63. The van der Waals surface area contributed by atoms with Crippen LogP contribution < -0.4 is 10.5 Å². The molecule has 1 fully saturated rings. The van der Waals surface area contributed by atoms with Crippen LogP contribution in [0, 0.1) is 0 Å². The summed E-state index contributed by atoms with van der Waals surface area (Å²) in [6, 6.07) is 19.7. The Morgan fingerprint density at radius 2 is 1.80 bits per heavy atom. The average molecular weight is 340 g/mol. The maximum atomic E-state index is 6.35. The van der Waals surface area contributed by atoms with E-state index in [1.165, 1.54) is 43.5 Å². The van der Waals surface area contributed by atoms with Crippen LogP contribution in [-0.4, -0.2) is 37.3 Å². The summed E-state index contributed by atoms with van der Waals surface area (Å²) in [5.41, 5.74) is 9.17. The molecule has 1 aliphatic heterocycles. The number of rotatable bonds is 7. The van der Waals surface area contributed by atoms with E-state index in [1.807, 2.05) is 0 Å². The fourth-order valence-corrected chi connectivity index (χ4v) is 4.18. The Morgan fingerprint density at radius 1 is 1.04 bits per heavy atom. The van der Waals surface area contributed by atoms with Crippen molar-refractivity contribution in [3.63, 3.8) is 0 Å². The van der Waals surface area contributed by atoms with Gasteiger partial charge in [-0.05, 0) is 37.0 Å². The normalized spacial score (nSPS) is 23.4. The Balaban J connectivity index is 1.63. The van der Waals surface area contributed by atoms with Crippen molar-refractivity contribution in [1.29, 1.82) is 0 Å². The molecule has 25 heavy (non-hydrogen) atoms. The Kier molecular flexibility index (Phi) is 6.11. The largest absolute Gasteiger partial charge is 0.497 e. The van der Waals surface area contributed by atoms with Gasteiger partial charge in [-0.25, -0.2) is 0 Å². The number of aryl methyl sites for hydroxylation is 1. The predicted octanol–water partition coefficient (Wildman–Crippen LogP) is 3.77. The van der Waals surface area contributed by atoms with Crippen LogP contribution in [0.5, 0.6) is 5.75 Å². The molecule has 0 bridgehead atoms. The Bertz CT molecular complexity index is 641. The van der Waals surface area contributed by atoms with Crippen LogP contribution in [0.4, 0.5) is 0 Å². The van der Waals surface area contributed by atoms with Gasteiger partial charge in [0.05, 0.1) is 32.8 Å². The molecule has 2 aromatic carbocycles. The first kappa shape index (κ1) is 18.0. The molecular weight excluding hydrogens is 308 g/mol. The van der Waals surface area contributed by atoms with Crippen LogP contribution in [0.2, 0.25) is 0 Å². The first-order valence-electron chi connectivity index (χ1n) is 9.47. The lowest BCUT2D eigenvalue weighted by Crippen LogP contribution is -2.57. The van der Waals surface area contributed by atoms with Gasteiger partial charge in [-0.1, -0.05) is 42.5 Å². The highest BCUT2D eigenvalue weighted by molar-refractivity contribution is 5.27. The number of quaternary nitrogens is 1. The van der Waals surface area contributed by atoms with Gasteiger partial charge in [0, 0.05) is 12.0 Å². The van der Waals surface area contributed by atoms with Gasteiger partial charge in [-0.15, -0.1) is 0 Å². The smallest absolute Gasteiger partial charge is 0.118 e. The van der Waals surface area contributed by atoms with E-state index in [4.69, 9.17) is 10.5 Å². The molecule has 2 aromatic rings. The molecular formula is C22H31N2O+. The summed E-state index contributed by atoms with van der Waals surface area (Å²) >= 11 is 0. The van der Waals surface area contributed by atoms with E-state index >= 15 is 0 Å². The second kappa shape index (κ2) is 8.50. The number of benzene rings is 2. The zero-order valence-electron chi connectivity index (χ0n) is 15.4. The number of methoxy groups -OCH3 is 1. The number of nitrogens with two attached hydrogens (primary N) is 1. The van der Waals surface area contributed by atoms with Crippen molar-refractivity contribution in [2.45, 2.75) is 38.3 Å². The van der Waals surface area contributed by atoms with E-state index in [9.17, 15) is 0 Å². The van der Waals surface area contributed by atoms with Crippen molar-refractivity contribution < 1.29 is 9.22 Å². The quantitative estimate of drug-likeness (QED) is 0.780. The number of hydrogen-bond donors (Lipinski definition) is 1. The summed E-state index contributed by atoms with van der Waals surface area (Å²) in [5.74, 6) is 0.929. The summed E-state index contributed by atoms with van der Waals surface area (Å²) in [6.45, 7) is 4.68. The molecule has 0 amide bonds. The van der Waals surface area contributed by atoms with Crippen molar-refractivity contribution in [3.8, 4) is 5.75 Å². The highest BCUT2D eigenvalue weighted by atomic mass is 16.5. The number of nitrogens with zero attached hydrogens (tertiary/aromatic N) is 1. The zero-order valence-corrected chi connectivity index (χ0v) is 15.4. The zero-order chi connectivity index (χ0) is 17.5. The number of likely N-dealkylation sites (tertiary alicyclic amines) is 1. The van der Waals surface area contributed by atoms with Gasteiger partial charge in [0.2, 0.25) is 0 Å². The number of hydrogen-bond acceptors (Lipinski definition) is 2. The molecule has 2 N–H and O–H groups in total. The molecule has 134 valence electrons. The van der Waals surface area contributed by atoms with E-state index in [-0.39, 0.29) is 0 Å². The molecule has 2 unspecified atom stereocenters. The maximum absolute atomic E-state index is 6.35. The molecule has 2 atom stereocenters. The van der Waals surface area contributed by atoms with E-state index in [1.54, 1.807) is 7.11 Å². The molecule has 1 aliphatic rings. The maximum Gasteiger partial charge on any atom is 0.118 e. The summed E-state index contributed by atoms with van der Waals surface area (Å²) in [6.07, 6.45) is 4.74. The first-order valence-corrected chi connectivity index (χ1v) is 9.47. The van der Waals surface area contributed by atoms with Crippen molar-refractivity contribution in [2.24, 2.45) is 5.73 Å². The standard InChI is InChI=1S/C22H31N2O/c1-25-22-13-11-19(12-14-22)9-5-15-24(16-6-10-21(23)18-24)17-20-7-3-2-4-8-20/h2-4,7-8,11-14,21H,5-6,9-10,15-18,23H2,1H3/q+1. The minimum absolute atomic E-state index is 0.346. The molecule has 0 aliphatic carbocycles. The van der Waals surface area contributed by atoms with Crippen LogP contribution in [0.3, 0.4) is 0 Å². The van der Waals surface area contributed by atoms with E-state index in [0.29, 0.717) is 6.04 Å². The van der Waals surface area contributed by atoms with E-state index < -0.39 is 0 Å². The molecule has 1 saturated heterocycles. The summed E-state index contributed by atoms with van der Waals surface area (Å²) in [4.78, 5) is 0. The third-order valence-electron chi connectivity index (χ3n) is 5.45. The Labute approximate surface area is 152 Å². The van der Waals surface area contributed by atoms with Crippen molar-refractivity contribution >= 4 is 0 Å². The van der Waals surface area contributed by atoms with Gasteiger partial charge < -0.3 is 15.0 Å². The van der Waals surface area contributed by atoms with Crippen LogP contribution in [-0.2, 0) is 13.0 Å².